The van der Waals surface area contributed by atoms with E-state index in [-0.39, 0.29) is 5.54 Å². The van der Waals surface area contributed by atoms with Gasteiger partial charge in [-0.2, -0.15) is 0 Å². The summed E-state index contributed by atoms with van der Waals surface area (Å²) in [5.41, 5.74) is 0.177. The third kappa shape index (κ3) is 3.87. The smallest absolute Gasteiger partial charge is 0.214 e. The van der Waals surface area contributed by atoms with E-state index in [1.54, 1.807) is 0 Å². The van der Waals surface area contributed by atoms with Crippen LogP contribution in [0.3, 0.4) is 0 Å². The molecule has 3 heteroatoms. The van der Waals surface area contributed by atoms with E-state index in [2.05, 4.69) is 32.6 Å². The molecule has 0 aliphatic carbocycles. The molecule has 0 saturated carbocycles. The summed E-state index contributed by atoms with van der Waals surface area (Å²) < 4.78 is 6.11. The quantitative estimate of drug-likeness (QED) is 0.488. The summed E-state index contributed by atoms with van der Waals surface area (Å²) in [6.45, 7) is 6.49. The fourth-order valence-electron chi connectivity index (χ4n) is 1.69. The van der Waals surface area contributed by atoms with E-state index in [1.807, 2.05) is 0 Å². The van der Waals surface area contributed by atoms with Crippen molar-refractivity contribution in [3.63, 3.8) is 0 Å². The summed E-state index contributed by atoms with van der Waals surface area (Å²) in [4.78, 5) is 0. The lowest BCUT2D eigenvalue weighted by molar-refractivity contribution is 0.551. The second kappa shape index (κ2) is 7.76. The van der Waals surface area contributed by atoms with E-state index in [0.717, 1.165) is 18.1 Å². The molecule has 0 bridgehead atoms. The molecule has 0 aliphatic heterocycles. The van der Waals surface area contributed by atoms with Crippen LogP contribution in [0.1, 0.15) is 27.2 Å². The Labute approximate surface area is 98.1 Å². The average Bonchev–Trinajstić information content (AvgIpc) is 2.29. The lowest BCUT2D eigenvalue weighted by atomic mass is 10.3. The Bertz CT molecular complexity index is 245. The zero-order chi connectivity index (χ0) is 11.7. The predicted octanol–water partition coefficient (Wildman–Crippen LogP) is 3.07. The van der Waals surface area contributed by atoms with Gasteiger partial charge in [-0.25, -0.2) is 0 Å². The number of hydrogen-bond donors (Lipinski definition) is 0. The lowest BCUT2D eigenvalue weighted by Gasteiger charge is -2.33. The number of hydrogen-bond acceptors (Lipinski definition) is 1. The van der Waals surface area contributed by atoms with E-state index in [4.69, 9.17) is 17.0 Å². The van der Waals surface area contributed by atoms with Gasteiger partial charge in [0.2, 0.25) is 9.76 Å². The first kappa shape index (κ1) is 14.5. The molecule has 0 aromatic heterocycles. The van der Waals surface area contributed by atoms with E-state index < -0.39 is 8.32 Å². The van der Waals surface area contributed by atoms with Gasteiger partial charge in [0.15, 0.2) is 8.32 Å². The van der Waals surface area contributed by atoms with Gasteiger partial charge in [-0.15, -0.1) is 24.7 Å². The second-order valence-electron chi connectivity index (χ2n) is 3.50. The van der Waals surface area contributed by atoms with Crippen molar-refractivity contribution in [2.75, 3.05) is 0 Å². The molecular weight excluding hydrogens is 216 g/mol. The van der Waals surface area contributed by atoms with Crippen LogP contribution in [0.2, 0.25) is 23.7 Å². The molecule has 0 N–H and O–H groups in total. The molecule has 0 rings (SSSR count). The maximum absolute atomic E-state index is 6.11. The Kier molecular flexibility index (Phi) is 7.51. The van der Waals surface area contributed by atoms with Crippen molar-refractivity contribution in [3.8, 4) is 24.7 Å². The van der Waals surface area contributed by atoms with E-state index >= 15 is 0 Å². The van der Waals surface area contributed by atoms with Crippen molar-refractivity contribution in [3.05, 3.63) is 0 Å². The monoisotopic (exact) mass is 236 g/mol. The third-order valence-electron chi connectivity index (χ3n) is 2.77. The minimum atomic E-state index is -1.78. The molecule has 0 amide bonds. The fourth-order valence-corrected chi connectivity index (χ4v) is 7.42. The van der Waals surface area contributed by atoms with Gasteiger partial charge in [0.05, 0.1) is 0 Å². The molecule has 0 spiro atoms. The molecule has 1 unspecified atom stereocenters. The highest BCUT2D eigenvalue weighted by atomic mass is 28.4. The molecule has 0 fully saturated rings. The Morgan fingerprint density at radius 1 is 1.27 bits per heavy atom. The molecular formula is C12H20OSi2. The molecule has 1 nitrogen and oxygen atoms in total. The summed E-state index contributed by atoms with van der Waals surface area (Å²) in [6, 6.07) is 3.20. The van der Waals surface area contributed by atoms with Crippen LogP contribution in [0.4, 0.5) is 0 Å². The molecule has 2 radical (unpaired) electrons. The van der Waals surface area contributed by atoms with Gasteiger partial charge in [0.1, 0.15) is 0 Å². The van der Waals surface area contributed by atoms with E-state index in [9.17, 15) is 0 Å². The molecule has 1 atom stereocenters. The molecule has 0 saturated heterocycles. The van der Waals surface area contributed by atoms with Crippen molar-refractivity contribution < 1.29 is 4.12 Å². The Morgan fingerprint density at radius 2 is 1.87 bits per heavy atom. The largest absolute Gasteiger partial charge is 0.455 e. The Morgan fingerprint density at radius 3 is 2.20 bits per heavy atom. The number of rotatable bonds is 7. The first-order valence-electron chi connectivity index (χ1n) is 5.51. The Balaban J connectivity index is 4.73. The highest BCUT2D eigenvalue weighted by Crippen LogP contribution is 2.32. The van der Waals surface area contributed by atoms with Crippen LogP contribution < -0.4 is 0 Å². The Hall–Kier alpha value is -0.486. The fraction of sp³-hybridized carbons (Fsp3) is 0.667. The topological polar surface area (TPSA) is 9.23 Å². The first-order valence-corrected chi connectivity index (χ1v) is 9.02. The minimum absolute atomic E-state index is 0.177. The summed E-state index contributed by atoms with van der Waals surface area (Å²) in [6.07, 6.45) is 11.6. The van der Waals surface area contributed by atoms with Crippen LogP contribution in [0, 0.1) is 24.7 Å². The molecule has 0 aliphatic rings. The lowest BCUT2D eigenvalue weighted by Crippen LogP contribution is -2.42. The van der Waals surface area contributed by atoms with Gasteiger partial charge in [-0.1, -0.05) is 20.8 Å². The van der Waals surface area contributed by atoms with Crippen molar-refractivity contribution in [2.45, 2.75) is 50.9 Å². The van der Waals surface area contributed by atoms with Crippen molar-refractivity contribution in [2.24, 2.45) is 0 Å². The van der Waals surface area contributed by atoms with Crippen molar-refractivity contribution in [1.29, 1.82) is 0 Å². The summed E-state index contributed by atoms with van der Waals surface area (Å²) in [7, 11) is -1.20. The molecule has 82 valence electrons. The average molecular weight is 236 g/mol. The summed E-state index contributed by atoms with van der Waals surface area (Å²) in [5.74, 6) is 5.54. The first-order chi connectivity index (χ1) is 7.20. The predicted molar refractivity (Wildman–Crippen MR) is 70.1 cm³/mol. The van der Waals surface area contributed by atoms with Crippen LogP contribution in [0.25, 0.3) is 0 Å². The zero-order valence-corrected chi connectivity index (χ0v) is 12.0. The molecule has 0 aromatic carbocycles. The van der Waals surface area contributed by atoms with Gasteiger partial charge in [-0.3, -0.25) is 0 Å². The molecule has 0 heterocycles. The normalized spacial score (nSPS) is 12.9. The highest BCUT2D eigenvalue weighted by Gasteiger charge is 2.38. The standard InChI is InChI=1S/C12H20OSi2/c1-6-11-12(7-2)15(9-4,10-5)13-14-8-3/h1-2,12H,8-11H2,3-5H3. The van der Waals surface area contributed by atoms with E-state index in [0.29, 0.717) is 16.2 Å². The molecule has 0 aromatic rings. The highest BCUT2D eigenvalue weighted by molar-refractivity contribution is 6.79. The second-order valence-corrected chi connectivity index (χ2v) is 9.55. The van der Waals surface area contributed by atoms with Gasteiger partial charge >= 0.3 is 0 Å². The van der Waals surface area contributed by atoms with Gasteiger partial charge in [0.25, 0.3) is 0 Å². The van der Waals surface area contributed by atoms with Crippen LogP contribution >= 0.6 is 0 Å². The van der Waals surface area contributed by atoms with Crippen molar-refractivity contribution in [1.82, 2.24) is 0 Å². The zero-order valence-electron chi connectivity index (χ0n) is 9.97. The summed E-state index contributed by atoms with van der Waals surface area (Å²) in [5, 5.41) is 0. The maximum atomic E-state index is 6.11. The van der Waals surface area contributed by atoms with Gasteiger partial charge < -0.3 is 4.12 Å². The maximum Gasteiger partial charge on any atom is 0.214 e. The van der Waals surface area contributed by atoms with Crippen LogP contribution in [0.15, 0.2) is 0 Å². The number of terminal acetylenes is 2. The van der Waals surface area contributed by atoms with E-state index in [1.165, 1.54) is 0 Å². The third-order valence-corrected chi connectivity index (χ3v) is 9.30. The van der Waals surface area contributed by atoms with Crippen LogP contribution in [0.5, 0.6) is 0 Å². The molecule has 15 heavy (non-hydrogen) atoms. The van der Waals surface area contributed by atoms with Crippen LogP contribution in [-0.4, -0.2) is 18.1 Å². The van der Waals surface area contributed by atoms with Crippen molar-refractivity contribution >= 4 is 18.1 Å². The SMILES string of the molecule is C#CCC(C#C)[Si](CC)(CC)O[Si]CC. The van der Waals surface area contributed by atoms with Gasteiger partial charge in [0, 0.05) is 12.0 Å². The minimum Gasteiger partial charge on any atom is -0.455 e. The summed E-state index contributed by atoms with van der Waals surface area (Å²) >= 11 is 0. The van der Waals surface area contributed by atoms with Crippen LogP contribution in [-0.2, 0) is 4.12 Å². The van der Waals surface area contributed by atoms with Gasteiger partial charge in [-0.05, 0) is 18.1 Å².